The minimum atomic E-state index is -0.618. The van der Waals surface area contributed by atoms with E-state index < -0.39 is 6.10 Å². The van der Waals surface area contributed by atoms with E-state index in [4.69, 9.17) is 11.6 Å². The van der Waals surface area contributed by atoms with E-state index in [1.165, 1.54) is 11.3 Å². The van der Waals surface area contributed by atoms with Crippen molar-refractivity contribution in [3.63, 3.8) is 0 Å². The van der Waals surface area contributed by atoms with E-state index in [9.17, 15) is 5.11 Å². The molecule has 1 rings (SSSR count). The van der Waals surface area contributed by atoms with Crippen LogP contribution in [0.25, 0.3) is 0 Å². The molecule has 0 saturated carbocycles. The van der Waals surface area contributed by atoms with Crippen molar-refractivity contribution in [2.24, 2.45) is 4.99 Å². The summed E-state index contributed by atoms with van der Waals surface area (Å²) in [6, 6.07) is 3.62. The van der Waals surface area contributed by atoms with Crippen molar-refractivity contribution in [3.8, 4) is 0 Å². The SMILES string of the molecule is CCNC(=NCC(O)c1ccc(Cl)s1)NC(C)(C)C.I. The zero-order valence-electron chi connectivity index (χ0n) is 12.2. The molecule has 0 amide bonds. The molecule has 0 fully saturated rings. The lowest BCUT2D eigenvalue weighted by Gasteiger charge is -2.24. The highest BCUT2D eigenvalue weighted by molar-refractivity contribution is 14.0. The number of guanidine groups is 1. The second-order valence-corrected chi connectivity index (χ2v) is 7.00. The number of nitrogens with zero attached hydrogens (tertiary/aromatic N) is 1. The summed E-state index contributed by atoms with van der Waals surface area (Å²) in [7, 11) is 0. The number of hydrogen-bond acceptors (Lipinski definition) is 3. The van der Waals surface area contributed by atoms with Gasteiger partial charge in [-0.3, -0.25) is 4.99 Å². The van der Waals surface area contributed by atoms with Gasteiger partial charge in [0, 0.05) is 17.0 Å². The molecule has 0 aliphatic carbocycles. The maximum Gasteiger partial charge on any atom is 0.191 e. The van der Waals surface area contributed by atoms with Gasteiger partial charge in [-0.25, -0.2) is 0 Å². The number of aliphatic hydroxyl groups excluding tert-OH is 1. The van der Waals surface area contributed by atoms with E-state index in [1.807, 2.05) is 13.0 Å². The molecule has 0 spiro atoms. The highest BCUT2D eigenvalue weighted by Gasteiger charge is 2.13. The zero-order chi connectivity index (χ0) is 14.5. The Balaban J connectivity index is 0.00000361. The van der Waals surface area contributed by atoms with Gasteiger partial charge < -0.3 is 15.7 Å². The van der Waals surface area contributed by atoms with Gasteiger partial charge in [0.05, 0.1) is 10.9 Å². The first-order valence-electron chi connectivity index (χ1n) is 6.31. The summed E-state index contributed by atoms with van der Waals surface area (Å²) in [5.74, 6) is 0.705. The fourth-order valence-corrected chi connectivity index (χ4v) is 2.48. The molecule has 0 radical (unpaired) electrons. The molecule has 1 aromatic heterocycles. The van der Waals surface area contributed by atoms with Crippen molar-refractivity contribution in [1.29, 1.82) is 0 Å². The van der Waals surface area contributed by atoms with Crippen molar-refractivity contribution in [1.82, 2.24) is 10.6 Å². The van der Waals surface area contributed by atoms with E-state index in [-0.39, 0.29) is 29.5 Å². The monoisotopic (exact) mass is 431 g/mol. The van der Waals surface area contributed by atoms with Gasteiger partial charge >= 0.3 is 0 Å². The minimum Gasteiger partial charge on any atom is -0.386 e. The number of aliphatic hydroxyl groups is 1. The molecule has 0 aromatic carbocycles. The van der Waals surface area contributed by atoms with Crippen LogP contribution in [0, 0.1) is 0 Å². The summed E-state index contributed by atoms with van der Waals surface area (Å²) < 4.78 is 0.678. The lowest BCUT2D eigenvalue weighted by molar-refractivity contribution is 0.191. The summed E-state index contributed by atoms with van der Waals surface area (Å²) in [5, 5.41) is 16.5. The second kappa shape index (κ2) is 9.07. The summed E-state index contributed by atoms with van der Waals surface area (Å²) in [4.78, 5) is 5.23. The van der Waals surface area contributed by atoms with Gasteiger partial charge in [0.2, 0.25) is 0 Å². The highest BCUT2D eigenvalue weighted by atomic mass is 127. The topological polar surface area (TPSA) is 56.7 Å². The molecule has 1 heterocycles. The maximum absolute atomic E-state index is 10.0. The molecule has 0 bridgehead atoms. The van der Waals surface area contributed by atoms with Gasteiger partial charge in [-0.05, 0) is 39.8 Å². The Kier molecular flexibility index (Phi) is 9.04. The third-order valence-electron chi connectivity index (χ3n) is 2.18. The van der Waals surface area contributed by atoms with Gasteiger partial charge in [0.15, 0.2) is 5.96 Å². The number of halogens is 2. The molecule has 4 nitrogen and oxygen atoms in total. The number of hydrogen-bond donors (Lipinski definition) is 3. The van der Waals surface area contributed by atoms with Gasteiger partial charge in [-0.1, -0.05) is 11.6 Å². The highest BCUT2D eigenvalue weighted by Crippen LogP contribution is 2.26. The van der Waals surface area contributed by atoms with E-state index in [2.05, 4.69) is 36.4 Å². The van der Waals surface area contributed by atoms with Crippen molar-refractivity contribution in [2.75, 3.05) is 13.1 Å². The van der Waals surface area contributed by atoms with Crippen LogP contribution in [-0.4, -0.2) is 29.7 Å². The molecule has 116 valence electrons. The van der Waals surface area contributed by atoms with Crippen LogP contribution in [0.5, 0.6) is 0 Å². The number of thiophene rings is 1. The smallest absolute Gasteiger partial charge is 0.191 e. The van der Waals surface area contributed by atoms with Gasteiger partial charge in [-0.2, -0.15) is 0 Å². The van der Waals surface area contributed by atoms with E-state index >= 15 is 0 Å². The average molecular weight is 432 g/mol. The normalized spacial score (nSPS) is 13.6. The van der Waals surface area contributed by atoms with Gasteiger partial charge in [0.1, 0.15) is 6.10 Å². The van der Waals surface area contributed by atoms with Crippen LogP contribution >= 0.6 is 46.9 Å². The van der Waals surface area contributed by atoms with E-state index in [0.29, 0.717) is 16.8 Å². The number of nitrogens with one attached hydrogen (secondary N) is 2. The van der Waals surface area contributed by atoms with Crippen LogP contribution in [0.4, 0.5) is 0 Å². The summed E-state index contributed by atoms with van der Waals surface area (Å²) in [5.41, 5.74) is -0.0712. The fraction of sp³-hybridized carbons (Fsp3) is 0.615. The van der Waals surface area contributed by atoms with Crippen LogP contribution in [0.15, 0.2) is 17.1 Å². The second-order valence-electron chi connectivity index (χ2n) is 5.25. The lowest BCUT2D eigenvalue weighted by Crippen LogP contribution is -2.47. The summed E-state index contributed by atoms with van der Waals surface area (Å²) >= 11 is 7.23. The minimum absolute atomic E-state index is 0. The molecular formula is C13H23ClIN3OS. The van der Waals surface area contributed by atoms with Crippen LogP contribution in [-0.2, 0) is 0 Å². The maximum atomic E-state index is 10.0. The Morgan fingerprint density at radius 3 is 2.55 bits per heavy atom. The zero-order valence-corrected chi connectivity index (χ0v) is 16.1. The predicted molar refractivity (Wildman–Crippen MR) is 98.6 cm³/mol. The molecule has 20 heavy (non-hydrogen) atoms. The fourth-order valence-electron chi connectivity index (χ4n) is 1.44. The Labute approximate surface area is 147 Å². The molecule has 0 aliphatic rings. The van der Waals surface area contributed by atoms with E-state index in [0.717, 1.165) is 11.4 Å². The predicted octanol–water partition coefficient (Wildman–Crippen LogP) is 3.41. The average Bonchev–Trinajstić information content (AvgIpc) is 2.71. The van der Waals surface area contributed by atoms with Crippen LogP contribution in [0.1, 0.15) is 38.7 Å². The molecule has 1 unspecified atom stereocenters. The van der Waals surface area contributed by atoms with Crippen molar-refractivity contribution >= 4 is 52.9 Å². The van der Waals surface area contributed by atoms with Crippen molar-refractivity contribution in [2.45, 2.75) is 39.3 Å². The summed E-state index contributed by atoms with van der Waals surface area (Å²) in [6.45, 7) is 9.29. The number of rotatable bonds is 4. The van der Waals surface area contributed by atoms with Crippen LogP contribution in [0.3, 0.4) is 0 Å². The summed E-state index contributed by atoms with van der Waals surface area (Å²) in [6.07, 6.45) is -0.618. The molecule has 3 N–H and O–H groups in total. The Hall–Kier alpha value is -0.0500. The van der Waals surface area contributed by atoms with Gasteiger partial charge in [-0.15, -0.1) is 35.3 Å². The molecule has 1 aromatic rings. The Morgan fingerprint density at radius 1 is 1.45 bits per heavy atom. The molecule has 0 aliphatic heterocycles. The quantitative estimate of drug-likeness (QED) is 0.389. The third-order valence-corrected chi connectivity index (χ3v) is 3.51. The Morgan fingerprint density at radius 2 is 2.10 bits per heavy atom. The van der Waals surface area contributed by atoms with Crippen LogP contribution < -0.4 is 10.6 Å². The molecule has 1 atom stereocenters. The first kappa shape index (κ1) is 19.9. The first-order valence-corrected chi connectivity index (χ1v) is 7.51. The van der Waals surface area contributed by atoms with Gasteiger partial charge in [0.25, 0.3) is 0 Å². The largest absolute Gasteiger partial charge is 0.386 e. The molecule has 0 saturated heterocycles. The molecular weight excluding hydrogens is 409 g/mol. The third kappa shape index (κ3) is 7.66. The van der Waals surface area contributed by atoms with Crippen molar-refractivity contribution < 1.29 is 5.11 Å². The standard InChI is InChI=1S/C13H22ClN3OS.HI/c1-5-15-12(17-13(2,3)4)16-8-9(18)10-6-7-11(14)19-10;/h6-7,9,18H,5,8H2,1-4H3,(H2,15,16,17);1H. The first-order chi connectivity index (χ1) is 8.81. The van der Waals surface area contributed by atoms with Crippen LogP contribution in [0.2, 0.25) is 4.34 Å². The van der Waals surface area contributed by atoms with E-state index in [1.54, 1.807) is 6.07 Å². The molecule has 7 heteroatoms. The lowest BCUT2D eigenvalue weighted by atomic mass is 10.1. The van der Waals surface area contributed by atoms with Crippen molar-refractivity contribution in [3.05, 3.63) is 21.3 Å². The number of aliphatic imine (C=N–C) groups is 1. The Bertz CT molecular complexity index is 431.